The quantitative estimate of drug-likeness (QED) is 0.649. The Morgan fingerprint density at radius 1 is 1.13 bits per heavy atom. The second-order valence-corrected chi connectivity index (χ2v) is 10.5. The van der Waals surface area contributed by atoms with Crippen molar-refractivity contribution >= 4 is 27.5 Å². The topological polar surface area (TPSA) is 66.9 Å². The zero-order valence-corrected chi connectivity index (χ0v) is 19.3. The van der Waals surface area contributed by atoms with Crippen LogP contribution in [-0.2, 0) is 14.8 Å². The fraction of sp³-hybridized carbons (Fsp3) is 0.435. The van der Waals surface area contributed by atoms with Gasteiger partial charge >= 0.3 is 0 Å². The van der Waals surface area contributed by atoms with Crippen LogP contribution in [0.1, 0.15) is 47.3 Å². The minimum atomic E-state index is -3.69. The van der Waals surface area contributed by atoms with E-state index in [1.807, 2.05) is 36.1 Å². The highest BCUT2D eigenvalue weighted by atomic mass is 35.5. The molecule has 1 aliphatic carbocycles. The third-order valence-electron chi connectivity index (χ3n) is 5.97. The Bertz CT molecular complexity index is 1060. The van der Waals surface area contributed by atoms with Gasteiger partial charge < -0.3 is 9.64 Å². The first-order chi connectivity index (χ1) is 14.8. The summed E-state index contributed by atoms with van der Waals surface area (Å²) in [5.41, 5.74) is 2.02. The van der Waals surface area contributed by atoms with Crippen LogP contribution in [0.5, 0.6) is 0 Å². The molecule has 0 N–H and O–H groups in total. The molecule has 31 heavy (non-hydrogen) atoms. The molecule has 2 aliphatic rings. The van der Waals surface area contributed by atoms with Gasteiger partial charge in [-0.05, 0) is 62.1 Å². The minimum absolute atomic E-state index is 0.141. The van der Waals surface area contributed by atoms with Gasteiger partial charge in [0.1, 0.15) is 0 Å². The standard InChI is InChI=1S/C23H27ClN2O4S/c1-16-3-4-19(15-22(16)31(28,29)25-11-13-30-14-12-25)23(27)26(21-9-10-21)17(2)18-5-7-20(24)8-6-18/h3-8,15,17,21H,9-14H2,1-2H3. The van der Waals surface area contributed by atoms with E-state index >= 15 is 0 Å². The lowest BCUT2D eigenvalue weighted by Crippen LogP contribution is -2.41. The number of halogens is 1. The first kappa shape index (κ1) is 22.3. The van der Waals surface area contributed by atoms with Crippen LogP contribution >= 0.6 is 11.6 Å². The van der Waals surface area contributed by atoms with E-state index in [0.717, 1.165) is 18.4 Å². The number of amides is 1. The van der Waals surface area contributed by atoms with E-state index in [0.29, 0.717) is 42.5 Å². The Hall–Kier alpha value is -1.93. The van der Waals surface area contributed by atoms with Crippen molar-refractivity contribution in [3.63, 3.8) is 0 Å². The van der Waals surface area contributed by atoms with Crippen LogP contribution in [0.2, 0.25) is 5.02 Å². The average molecular weight is 463 g/mol. The number of nitrogens with zero attached hydrogens (tertiary/aromatic N) is 2. The van der Waals surface area contributed by atoms with Gasteiger partial charge in [-0.3, -0.25) is 4.79 Å². The first-order valence-electron chi connectivity index (χ1n) is 10.6. The van der Waals surface area contributed by atoms with Gasteiger partial charge in [0.15, 0.2) is 0 Å². The molecular formula is C23H27ClN2O4S. The van der Waals surface area contributed by atoms with E-state index in [4.69, 9.17) is 16.3 Å². The molecule has 1 heterocycles. The number of benzene rings is 2. The molecule has 1 saturated carbocycles. The van der Waals surface area contributed by atoms with Crippen LogP contribution in [0.25, 0.3) is 0 Å². The monoisotopic (exact) mass is 462 g/mol. The first-order valence-corrected chi connectivity index (χ1v) is 12.4. The van der Waals surface area contributed by atoms with E-state index in [1.54, 1.807) is 19.1 Å². The molecule has 0 aromatic heterocycles. The number of sulfonamides is 1. The summed E-state index contributed by atoms with van der Waals surface area (Å²) in [5.74, 6) is -0.150. The molecule has 2 fully saturated rings. The molecule has 6 nitrogen and oxygen atoms in total. The molecule has 166 valence electrons. The maximum Gasteiger partial charge on any atom is 0.254 e. The van der Waals surface area contributed by atoms with E-state index < -0.39 is 10.0 Å². The van der Waals surface area contributed by atoms with Gasteiger partial charge in [-0.1, -0.05) is 29.8 Å². The molecular weight excluding hydrogens is 436 g/mol. The molecule has 4 rings (SSSR count). The number of hydrogen-bond acceptors (Lipinski definition) is 4. The van der Waals surface area contributed by atoms with Gasteiger partial charge in [-0.2, -0.15) is 4.31 Å². The average Bonchev–Trinajstić information content (AvgIpc) is 3.60. The highest BCUT2D eigenvalue weighted by molar-refractivity contribution is 7.89. The largest absolute Gasteiger partial charge is 0.379 e. The van der Waals surface area contributed by atoms with Gasteiger partial charge in [0.05, 0.1) is 24.2 Å². The molecule has 0 spiro atoms. The Balaban J connectivity index is 1.65. The van der Waals surface area contributed by atoms with Crippen molar-refractivity contribution < 1.29 is 17.9 Å². The highest BCUT2D eigenvalue weighted by Crippen LogP contribution is 2.36. The van der Waals surface area contributed by atoms with E-state index in [9.17, 15) is 13.2 Å². The number of carbonyl (C=O) groups excluding carboxylic acids is 1. The Morgan fingerprint density at radius 2 is 1.77 bits per heavy atom. The summed E-state index contributed by atoms with van der Waals surface area (Å²) in [6.45, 7) is 5.16. The number of rotatable bonds is 6. The molecule has 1 saturated heterocycles. The van der Waals surface area contributed by atoms with Crippen LogP contribution in [0.15, 0.2) is 47.4 Å². The summed E-state index contributed by atoms with van der Waals surface area (Å²) in [6.07, 6.45) is 1.91. The number of hydrogen-bond donors (Lipinski definition) is 0. The molecule has 0 bridgehead atoms. The van der Waals surface area contributed by atoms with Crippen LogP contribution in [0.3, 0.4) is 0 Å². The fourth-order valence-corrected chi connectivity index (χ4v) is 5.78. The van der Waals surface area contributed by atoms with Crippen molar-refractivity contribution in [2.45, 2.75) is 43.7 Å². The molecule has 2 aromatic rings. The Kier molecular flexibility index (Phi) is 6.40. The number of carbonyl (C=O) groups is 1. The van der Waals surface area contributed by atoms with E-state index in [-0.39, 0.29) is 22.9 Å². The highest BCUT2D eigenvalue weighted by Gasteiger charge is 2.37. The predicted molar refractivity (Wildman–Crippen MR) is 120 cm³/mol. The summed E-state index contributed by atoms with van der Waals surface area (Å²) < 4.78 is 33.2. The third kappa shape index (κ3) is 4.65. The number of aryl methyl sites for hydroxylation is 1. The summed E-state index contributed by atoms with van der Waals surface area (Å²) >= 11 is 6.02. The van der Waals surface area contributed by atoms with Gasteiger partial charge in [0.2, 0.25) is 10.0 Å². The molecule has 1 unspecified atom stereocenters. The van der Waals surface area contributed by atoms with Crippen LogP contribution in [0.4, 0.5) is 0 Å². The SMILES string of the molecule is Cc1ccc(C(=O)N(C2CC2)C(C)c2ccc(Cl)cc2)cc1S(=O)(=O)N1CCOCC1. The zero-order chi connectivity index (χ0) is 22.2. The van der Waals surface area contributed by atoms with E-state index in [1.165, 1.54) is 10.4 Å². The predicted octanol–water partition coefficient (Wildman–Crippen LogP) is 4.04. The third-order valence-corrected chi connectivity index (χ3v) is 8.26. The second-order valence-electron chi connectivity index (χ2n) is 8.17. The molecule has 2 aromatic carbocycles. The maximum absolute atomic E-state index is 13.5. The lowest BCUT2D eigenvalue weighted by molar-refractivity contribution is 0.0673. The van der Waals surface area contributed by atoms with Crippen LogP contribution in [0, 0.1) is 6.92 Å². The van der Waals surface area contributed by atoms with E-state index in [2.05, 4.69) is 0 Å². The van der Waals surface area contributed by atoms with Crippen molar-refractivity contribution in [3.8, 4) is 0 Å². The molecule has 0 radical (unpaired) electrons. The lowest BCUT2D eigenvalue weighted by atomic mass is 10.0. The fourth-order valence-electron chi connectivity index (χ4n) is 4.00. The Morgan fingerprint density at radius 3 is 2.39 bits per heavy atom. The molecule has 1 atom stereocenters. The maximum atomic E-state index is 13.5. The Labute approximate surface area is 188 Å². The number of ether oxygens (including phenoxy) is 1. The van der Waals surface area contributed by atoms with Gasteiger partial charge in [0, 0.05) is 29.7 Å². The molecule has 1 aliphatic heterocycles. The summed E-state index contributed by atoms with van der Waals surface area (Å²) in [5, 5.41) is 0.650. The van der Waals surface area contributed by atoms with Crippen LogP contribution < -0.4 is 0 Å². The van der Waals surface area contributed by atoms with Gasteiger partial charge in [-0.15, -0.1) is 0 Å². The zero-order valence-electron chi connectivity index (χ0n) is 17.8. The molecule has 1 amide bonds. The van der Waals surface area contributed by atoms with Crippen molar-refractivity contribution in [1.29, 1.82) is 0 Å². The smallest absolute Gasteiger partial charge is 0.254 e. The summed E-state index contributed by atoms with van der Waals surface area (Å²) in [4.78, 5) is 15.6. The van der Waals surface area contributed by atoms with Crippen molar-refractivity contribution in [3.05, 3.63) is 64.2 Å². The summed E-state index contributed by atoms with van der Waals surface area (Å²) in [6, 6.07) is 12.5. The van der Waals surface area contributed by atoms with Gasteiger partial charge in [0.25, 0.3) is 5.91 Å². The van der Waals surface area contributed by atoms with Crippen molar-refractivity contribution in [2.75, 3.05) is 26.3 Å². The summed E-state index contributed by atoms with van der Waals surface area (Å²) in [7, 11) is -3.69. The number of morpholine rings is 1. The van der Waals surface area contributed by atoms with Crippen molar-refractivity contribution in [2.24, 2.45) is 0 Å². The normalized spacial score (nSPS) is 18.5. The minimum Gasteiger partial charge on any atom is -0.379 e. The van der Waals surface area contributed by atoms with Gasteiger partial charge in [-0.25, -0.2) is 8.42 Å². The lowest BCUT2D eigenvalue weighted by Gasteiger charge is -2.30. The molecule has 8 heteroatoms. The second kappa shape index (κ2) is 8.90. The van der Waals surface area contributed by atoms with Crippen LogP contribution in [-0.4, -0.2) is 55.9 Å². The van der Waals surface area contributed by atoms with Crippen molar-refractivity contribution in [1.82, 2.24) is 9.21 Å².